The van der Waals surface area contributed by atoms with E-state index in [0.29, 0.717) is 0 Å². The third-order valence-electron chi connectivity index (χ3n) is 5.01. The Morgan fingerprint density at radius 1 is 0.821 bits per heavy atom. The Hall–Kier alpha value is -2.32. The van der Waals surface area contributed by atoms with Gasteiger partial charge in [0.25, 0.3) is 0 Å². The molecule has 2 heterocycles. The molecule has 1 aliphatic rings. The van der Waals surface area contributed by atoms with Gasteiger partial charge in [0.05, 0.1) is 0 Å². The van der Waals surface area contributed by atoms with E-state index >= 15 is 0 Å². The van der Waals surface area contributed by atoms with Gasteiger partial charge in [0.15, 0.2) is 7.05 Å². The van der Waals surface area contributed by atoms with Crippen LogP contribution in [0.2, 0.25) is 0 Å². The van der Waals surface area contributed by atoms with Crippen LogP contribution in [0.1, 0.15) is 79.4 Å². The summed E-state index contributed by atoms with van der Waals surface area (Å²) in [5, 5.41) is 0. The first kappa shape index (κ1) is 20.4. The fourth-order valence-electron chi connectivity index (χ4n) is 3.30. The molecule has 0 aliphatic carbocycles. The van der Waals surface area contributed by atoms with Crippen LogP contribution < -0.4 is 4.58 Å². The first-order valence-corrected chi connectivity index (χ1v) is 10.0. The van der Waals surface area contributed by atoms with E-state index in [2.05, 4.69) is 97.2 Å². The molecule has 0 N–H and O–H groups in total. The van der Waals surface area contributed by atoms with Crippen molar-refractivity contribution >= 4 is 23.2 Å². The third kappa shape index (κ3) is 3.66. The zero-order valence-corrected chi connectivity index (χ0v) is 19.1. The molecule has 0 atom stereocenters. The predicted molar refractivity (Wildman–Crippen MR) is 117 cm³/mol. The van der Waals surface area contributed by atoms with E-state index in [-0.39, 0.29) is 16.2 Å². The van der Waals surface area contributed by atoms with Gasteiger partial charge in [-0.25, -0.2) is 4.98 Å². The summed E-state index contributed by atoms with van der Waals surface area (Å²) in [6, 6.07) is 12.1. The second kappa shape index (κ2) is 6.35. The Labute approximate surface area is 169 Å². The van der Waals surface area contributed by atoms with Gasteiger partial charge in [-0.15, -0.1) is 0 Å². The Morgan fingerprint density at radius 3 is 2.00 bits per heavy atom. The van der Waals surface area contributed by atoms with Crippen LogP contribution in [0.15, 0.2) is 24.3 Å². The molecule has 1 aromatic heterocycles. The number of rotatable bonds is 1. The smallest absolute Gasteiger partial charge is 0.229 e. The van der Waals surface area contributed by atoms with Crippen molar-refractivity contribution in [1.29, 1.82) is 0 Å². The summed E-state index contributed by atoms with van der Waals surface area (Å²) in [4.78, 5) is 10.0. The van der Waals surface area contributed by atoms with Gasteiger partial charge in [-0.3, -0.25) is 0 Å². The highest BCUT2D eigenvalue weighted by Crippen LogP contribution is 2.40. The molecular weight excluding hydrogens is 344 g/mol. The highest BCUT2D eigenvalue weighted by Gasteiger charge is 2.43. The van der Waals surface area contributed by atoms with Crippen LogP contribution in [0.4, 0.5) is 17.2 Å². The van der Waals surface area contributed by atoms with Crippen LogP contribution in [0.25, 0.3) is 0 Å². The van der Waals surface area contributed by atoms with Crippen molar-refractivity contribution < 1.29 is 4.58 Å². The van der Waals surface area contributed by atoms with E-state index in [1.165, 1.54) is 5.56 Å². The standard InChI is InChI=1S/C24H34N4/c1-22(2,3)16-12-11-13-17(14-16)28-15-27(10)18-19(23(4,5)6)25-21(24(7,8)9)26-20(18)28/h11-14H,1-10H3/q+2. The molecule has 4 nitrogen and oxygen atoms in total. The maximum Gasteiger partial charge on any atom is 0.497 e. The van der Waals surface area contributed by atoms with Crippen LogP contribution in [-0.2, 0) is 16.2 Å². The molecular formula is C24H34N4+2. The molecule has 0 amide bonds. The van der Waals surface area contributed by atoms with Gasteiger partial charge in [-0.05, 0) is 15.6 Å². The summed E-state index contributed by atoms with van der Waals surface area (Å²) in [5.41, 5.74) is 4.35. The largest absolute Gasteiger partial charge is 0.497 e. The lowest BCUT2D eigenvalue weighted by atomic mass is 9.87. The van der Waals surface area contributed by atoms with E-state index in [1.807, 2.05) is 11.6 Å². The van der Waals surface area contributed by atoms with Gasteiger partial charge >= 0.3 is 17.5 Å². The second-order valence-corrected chi connectivity index (χ2v) is 10.9. The Kier molecular flexibility index (Phi) is 4.63. The van der Waals surface area contributed by atoms with Gasteiger partial charge in [-0.2, -0.15) is 4.98 Å². The van der Waals surface area contributed by atoms with Crippen LogP contribution >= 0.6 is 0 Å². The first-order chi connectivity index (χ1) is 12.7. The highest BCUT2D eigenvalue weighted by molar-refractivity contribution is 5.73. The van der Waals surface area contributed by atoms with Crippen LogP contribution in [0, 0.1) is 0 Å². The van der Waals surface area contributed by atoms with E-state index in [1.54, 1.807) is 0 Å². The molecule has 4 heteroatoms. The van der Waals surface area contributed by atoms with Crippen molar-refractivity contribution in [3.05, 3.63) is 41.3 Å². The van der Waals surface area contributed by atoms with Crippen molar-refractivity contribution in [3.8, 4) is 0 Å². The van der Waals surface area contributed by atoms with Crippen LogP contribution in [0.3, 0.4) is 0 Å². The molecule has 1 aromatic carbocycles. The number of benzene rings is 1. The molecule has 148 valence electrons. The normalized spacial score (nSPS) is 14.6. The van der Waals surface area contributed by atoms with Crippen molar-refractivity contribution in [3.63, 3.8) is 0 Å². The Morgan fingerprint density at radius 2 is 1.46 bits per heavy atom. The van der Waals surface area contributed by atoms with Gasteiger partial charge in [0.1, 0.15) is 11.5 Å². The number of aromatic nitrogens is 2. The average Bonchev–Trinajstić information content (AvgIpc) is 2.89. The molecule has 0 bridgehead atoms. The molecule has 0 spiro atoms. The lowest BCUT2D eigenvalue weighted by Gasteiger charge is -2.22. The summed E-state index contributed by atoms with van der Waals surface area (Å²) in [6.45, 7) is 19.8. The zero-order valence-electron chi connectivity index (χ0n) is 19.1. The van der Waals surface area contributed by atoms with Gasteiger partial charge in [0.2, 0.25) is 5.69 Å². The Bertz CT molecular complexity index is 1000. The highest BCUT2D eigenvalue weighted by atomic mass is 15.2. The summed E-state index contributed by atoms with van der Waals surface area (Å²) >= 11 is 0. The minimum Gasteiger partial charge on any atom is -0.229 e. The molecule has 1 aliphatic heterocycles. The van der Waals surface area contributed by atoms with Gasteiger partial charge < -0.3 is 0 Å². The first-order valence-electron chi connectivity index (χ1n) is 10.0. The number of fused-ring (bicyclic) bond motifs is 1. The molecule has 28 heavy (non-hydrogen) atoms. The van der Waals surface area contributed by atoms with Crippen molar-refractivity contribution in [2.45, 2.75) is 78.6 Å². The lowest BCUT2D eigenvalue weighted by molar-refractivity contribution is -0.395. The average molecular weight is 379 g/mol. The summed E-state index contributed by atoms with van der Waals surface area (Å²) in [5.74, 6) is 1.78. The maximum atomic E-state index is 5.01. The molecule has 3 rings (SSSR count). The Balaban J connectivity index is 2.28. The lowest BCUT2D eigenvalue weighted by Crippen LogP contribution is -2.23. The third-order valence-corrected chi connectivity index (χ3v) is 5.01. The predicted octanol–water partition coefficient (Wildman–Crippen LogP) is 5.67. The maximum absolute atomic E-state index is 5.01. The van der Waals surface area contributed by atoms with E-state index < -0.39 is 0 Å². The fourth-order valence-corrected chi connectivity index (χ4v) is 3.30. The summed E-state index contributed by atoms with van der Waals surface area (Å²) in [7, 11) is 2.03. The molecule has 0 fully saturated rings. The zero-order chi connectivity index (χ0) is 21.1. The monoisotopic (exact) mass is 378 g/mol. The number of hydrogen-bond acceptors (Lipinski definition) is 2. The fraction of sp³-hybridized carbons (Fsp3) is 0.542. The molecule has 2 aromatic rings. The number of hydrogen-bond donors (Lipinski definition) is 0. The van der Waals surface area contributed by atoms with E-state index in [0.717, 1.165) is 28.7 Å². The van der Waals surface area contributed by atoms with Gasteiger partial charge in [-0.1, -0.05) is 79.0 Å². The minimum atomic E-state index is -0.130. The summed E-state index contributed by atoms with van der Waals surface area (Å²) < 4.78 is 4.11. The number of nitrogens with zero attached hydrogens (tertiary/aromatic N) is 4. The molecule has 0 saturated carbocycles. The van der Waals surface area contributed by atoms with E-state index in [9.17, 15) is 0 Å². The van der Waals surface area contributed by atoms with Crippen molar-refractivity contribution in [1.82, 2.24) is 14.5 Å². The molecule has 0 saturated heterocycles. The van der Waals surface area contributed by atoms with Gasteiger partial charge in [0, 0.05) is 23.0 Å². The minimum absolute atomic E-state index is 0.0866. The quantitative estimate of drug-likeness (QED) is 0.599. The SMILES string of the molecule is C[N+]1=C=[N+](c2cccc(C(C)(C)C)c2)c2nc(C(C)(C)C)nc(C(C)(C)C)c21. The van der Waals surface area contributed by atoms with Crippen molar-refractivity contribution in [2.24, 2.45) is 0 Å². The summed E-state index contributed by atoms with van der Waals surface area (Å²) in [6.07, 6.45) is 0. The molecule has 0 radical (unpaired) electrons. The topological polar surface area (TPSA) is 31.8 Å². The van der Waals surface area contributed by atoms with Crippen molar-refractivity contribution in [2.75, 3.05) is 7.05 Å². The second-order valence-electron chi connectivity index (χ2n) is 10.9. The molecule has 0 unspecified atom stereocenters. The van der Waals surface area contributed by atoms with E-state index in [4.69, 9.17) is 9.97 Å². The van der Waals surface area contributed by atoms with Crippen LogP contribution in [-0.4, -0.2) is 27.6 Å². The van der Waals surface area contributed by atoms with Crippen LogP contribution in [0.5, 0.6) is 0 Å².